The molecule has 0 aliphatic rings. The third kappa shape index (κ3) is 6.39. The van der Waals surface area contributed by atoms with Crippen molar-refractivity contribution in [1.82, 2.24) is 19.7 Å². The standard InChI is InChI=1S/C29H33N5O6S/c1-15-14-40-29(31-15)30-11-7-8-21-9-10-23-22(12-21)27(35)33-25(32-23)13-24(28(36)37)34-41(38,39)26-19(5)17(3)16(2)18(4)20(26)6/h7-10,12,14,24,34H,11,13H2,1-6H3,(H,30,31)(H,36,37)(H,32,33,35)/b8-7+/t24-/m0/s1. The van der Waals surface area contributed by atoms with E-state index in [0.29, 0.717) is 34.6 Å². The summed E-state index contributed by atoms with van der Waals surface area (Å²) in [5.74, 6) is -1.34. The van der Waals surface area contributed by atoms with E-state index in [1.54, 1.807) is 38.3 Å². The van der Waals surface area contributed by atoms with E-state index in [-0.39, 0.29) is 17.1 Å². The first-order chi connectivity index (χ1) is 19.3. The van der Waals surface area contributed by atoms with Crippen LogP contribution in [0.25, 0.3) is 17.0 Å². The number of carboxylic acid groups (broad SMARTS) is 1. The Bertz CT molecular complexity index is 1810. The number of aromatic nitrogens is 3. The molecule has 0 fully saturated rings. The number of nitrogens with one attached hydrogen (secondary N) is 3. The van der Waals surface area contributed by atoms with Crippen molar-refractivity contribution in [2.75, 3.05) is 11.9 Å². The number of carboxylic acids is 1. The highest BCUT2D eigenvalue weighted by Crippen LogP contribution is 2.29. The molecule has 0 bridgehead atoms. The van der Waals surface area contributed by atoms with Gasteiger partial charge in [0.15, 0.2) is 0 Å². The van der Waals surface area contributed by atoms with Gasteiger partial charge in [-0.25, -0.2) is 13.4 Å². The van der Waals surface area contributed by atoms with E-state index in [0.717, 1.165) is 27.9 Å². The molecule has 0 unspecified atom stereocenters. The number of fused-ring (bicyclic) bond motifs is 1. The minimum Gasteiger partial charge on any atom is -0.480 e. The number of hydrogen-bond acceptors (Lipinski definition) is 8. The second-order valence-electron chi connectivity index (χ2n) is 10.0. The fourth-order valence-corrected chi connectivity index (χ4v) is 6.46. The first kappa shape index (κ1) is 29.7. The Kier molecular flexibility index (Phi) is 8.45. The smallest absolute Gasteiger partial charge is 0.322 e. The van der Waals surface area contributed by atoms with Crippen molar-refractivity contribution in [3.63, 3.8) is 0 Å². The summed E-state index contributed by atoms with van der Waals surface area (Å²) in [7, 11) is -4.21. The average Bonchev–Trinajstić information content (AvgIpc) is 3.33. The number of hydrogen-bond donors (Lipinski definition) is 4. The zero-order valence-corrected chi connectivity index (χ0v) is 24.6. The Labute approximate surface area is 237 Å². The number of rotatable bonds is 10. The normalized spacial score (nSPS) is 12.7. The quantitative estimate of drug-likeness (QED) is 0.218. The summed E-state index contributed by atoms with van der Waals surface area (Å²) in [5, 5.41) is 13.2. The summed E-state index contributed by atoms with van der Waals surface area (Å²) in [6, 6.07) is 3.96. The molecule has 0 aliphatic heterocycles. The van der Waals surface area contributed by atoms with Crippen LogP contribution in [0.15, 0.2) is 44.6 Å². The van der Waals surface area contributed by atoms with Gasteiger partial charge >= 0.3 is 5.97 Å². The summed E-state index contributed by atoms with van der Waals surface area (Å²) >= 11 is 0. The molecule has 2 aromatic heterocycles. The SMILES string of the molecule is Cc1coc(NC/C=C/c2ccc3nc(C[C@H](NS(=O)(=O)c4c(C)c(C)c(C)c(C)c4C)C(=O)O)[nH]c(=O)c3c2)n1. The van der Waals surface area contributed by atoms with Gasteiger partial charge in [-0.3, -0.25) is 9.59 Å². The van der Waals surface area contributed by atoms with Crippen molar-refractivity contribution < 1.29 is 22.7 Å². The van der Waals surface area contributed by atoms with Gasteiger partial charge in [-0.1, -0.05) is 18.2 Å². The molecule has 2 aromatic carbocycles. The highest BCUT2D eigenvalue weighted by molar-refractivity contribution is 7.89. The van der Waals surface area contributed by atoms with Crippen molar-refractivity contribution in [3.8, 4) is 0 Å². The van der Waals surface area contributed by atoms with Crippen LogP contribution in [0.5, 0.6) is 0 Å². The van der Waals surface area contributed by atoms with Crippen molar-refractivity contribution in [2.24, 2.45) is 0 Å². The molecule has 2 heterocycles. The van der Waals surface area contributed by atoms with Gasteiger partial charge in [0.25, 0.3) is 11.6 Å². The molecule has 0 spiro atoms. The predicted octanol–water partition coefficient (Wildman–Crippen LogP) is 3.86. The van der Waals surface area contributed by atoms with Gasteiger partial charge in [0.05, 0.1) is 21.5 Å². The number of benzene rings is 2. The van der Waals surface area contributed by atoms with E-state index in [1.807, 2.05) is 39.8 Å². The fourth-order valence-electron chi connectivity index (χ4n) is 4.67. The first-order valence-electron chi connectivity index (χ1n) is 13.0. The number of H-pyrrole nitrogens is 1. The van der Waals surface area contributed by atoms with Gasteiger partial charge in [0.1, 0.15) is 18.1 Å². The van der Waals surface area contributed by atoms with E-state index in [1.165, 1.54) is 0 Å². The molecule has 4 aromatic rings. The van der Waals surface area contributed by atoms with Crippen molar-refractivity contribution in [1.29, 1.82) is 0 Å². The number of aliphatic carboxylic acids is 1. The number of sulfonamides is 1. The lowest BCUT2D eigenvalue weighted by atomic mass is 9.95. The Balaban J connectivity index is 1.55. The summed E-state index contributed by atoms with van der Waals surface area (Å²) in [6.45, 7) is 11.3. The van der Waals surface area contributed by atoms with E-state index >= 15 is 0 Å². The second kappa shape index (κ2) is 11.7. The van der Waals surface area contributed by atoms with Crippen molar-refractivity contribution in [2.45, 2.75) is 58.9 Å². The van der Waals surface area contributed by atoms with E-state index in [2.05, 4.69) is 25.0 Å². The lowest BCUT2D eigenvalue weighted by Gasteiger charge is -2.21. The van der Waals surface area contributed by atoms with Gasteiger partial charge in [-0.05, 0) is 87.1 Å². The minimum absolute atomic E-state index is 0.0519. The van der Waals surface area contributed by atoms with Crippen LogP contribution in [0.1, 0.15) is 44.9 Å². The maximum Gasteiger partial charge on any atom is 0.322 e. The zero-order chi connectivity index (χ0) is 30.1. The highest BCUT2D eigenvalue weighted by Gasteiger charge is 2.30. The molecule has 12 heteroatoms. The number of carbonyl (C=O) groups is 1. The summed E-state index contributed by atoms with van der Waals surface area (Å²) in [5.41, 5.74) is 5.20. The van der Waals surface area contributed by atoms with Crippen LogP contribution in [0.2, 0.25) is 0 Å². The number of oxazole rings is 1. The molecular weight excluding hydrogens is 546 g/mol. The lowest BCUT2D eigenvalue weighted by Crippen LogP contribution is -2.43. The number of nitrogens with zero attached hydrogens (tertiary/aromatic N) is 2. The van der Waals surface area contributed by atoms with Gasteiger partial charge in [0, 0.05) is 13.0 Å². The topological polar surface area (TPSA) is 167 Å². The van der Waals surface area contributed by atoms with Crippen LogP contribution in [-0.4, -0.2) is 47.0 Å². The Morgan fingerprint density at radius 2 is 1.71 bits per heavy atom. The van der Waals surface area contributed by atoms with Crippen LogP contribution < -0.4 is 15.6 Å². The zero-order valence-electron chi connectivity index (χ0n) is 23.7. The fraction of sp³-hybridized carbons (Fsp3) is 0.310. The summed E-state index contributed by atoms with van der Waals surface area (Å²) < 4.78 is 34.4. The predicted molar refractivity (Wildman–Crippen MR) is 157 cm³/mol. The van der Waals surface area contributed by atoms with Crippen LogP contribution in [0.4, 0.5) is 6.01 Å². The van der Waals surface area contributed by atoms with Gasteiger partial charge in [-0.15, -0.1) is 0 Å². The van der Waals surface area contributed by atoms with Crippen molar-refractivity contribution in [3.05, 3.63) is 85.8 Å². The maximum absolute atomic E-state index is 13.4. The molecule has 4 rings (SSSR count). The molecule has 41 heavy (non-hydrogen) atoms. The molecule has 0 saturated heterocycles. The molecule has 0 amide bonds. The van der Waals surface area contributed by atoms with E-state index < -0.39 is 27.6 Å². The van der Waals surface area contributed by atoms with Crippen LogP contribution in [0, 0.1) is 41.5 Å². The van der Waals surface area contributed by atoms with Gasteiger partial charge in [0.2, 0.25) is 10.0 Å². The lowest BCUT2D eigenvalue weighted by molar-refractivity contribution is -0.139. The largest absolute Gasteiger partial charge is 0.480 e. The molecule has 1 atom stereocenters. The molecule has 0 saturated carbocycles. The Morgan fingerprint density at radius 1 is 1.05 bits per heavy atom. The molecule has 11 nitrogen and oxygen atoms in total. The van der Waals surface area contributed by atoms with Gasteiger partial charge < -0.3 is 19.8 Å². The minimum atomic E-state index is -4.21. The molecule has 4 N–H and O–H groups in total. The number of anilines is 1. The Morgan fingerprint density at radius 3 is 2.32 bits per heavy atom. The first-order valence-corrected chi connectivity index (χ1v) is 14.4. The molecule has 0 radical (unpaired) electrons. The van der Waals surface area contributed by atoms with E-state index in [4.69, 9.17) is 4.42 Å². The Hall–Kier alpha value is -4.29. The van der Waals surface area contributed by atoms with Crippen molar-refractivity contribution >= 4 is 39.0 Å². The number of aromatic amines is 1. The van der Waals surface area contributed by atoms with Gasteiger partial charge in [-0.2, -0.15) is 9.71 Å². The monoisotopic (exact) mass is 579 g/mol. The average molecular weight is 580 g/mol. The second-order valence-corrected chi connectivity index (χ2v) is 11.7. The van der Waals surface area contributed by atoms with Crippen LogP contribution >= 0.6 is 0 Å². The molecule has 0 aliphatic carbocycles. The molecule has 216 valence electrons. The third-order valence-corrected chi connectivity index (χ3v) is 9.02. The number of aryl methyl sites for hydroxylation is 1. The van der Waals surface area contributed by atoms with E-state index in [9.17, 15) is 23.1 Å². The summed E-state index contributed by atoms with van der Waals surface area (Å²) in [6.07, 6.45) is 4.86. The maximum atomic E-state index is 13.4. The van der Waals surface area contributed by atoms with Crippen LogP contribution in [-0.2, 0) is 21.2 Å². The highest BCUT2D eigenvalue weighted by atomic mass is 32.2. The summed E-state index contributed by atoms with van der Waals surface area (Å²) in [4.78, 5) is 36.2. The third-order valence-electron chi connectivity index (χ3n) is 7.27. The van der Waals surface area contributed by atoms with Crippen LogP contribution in [0.3, 0.4) is 0 Å². The molecular formula is C29H33N5O6S.